The molecule has 92 valence electrons. The molecule has 6 heteroatoms. The molecule has 0 fully saturated rings. The summed E-state index contributed by atoms with van der Waals surface area (Å²) in [4.78, 5) is 0. The van der Waals surface area contributed by atoms with Gasteiger partial charge in [0.15, 0.2) is 6.04 Å². The van der Waals surface area contributed by atoms with Crippen molar-refractivity contribution in [2.24, 2.45) is 0 Å². The quantitative estimate of drug-likeness (QED) is 0.854. The van der Waals surface area contributed by atoms with E-state index in [2.05, 4.69) is 5.32 Å². The number of furan rings is 1. The van der Waals surface area contributed by atoms with Crippen LogP contribution in [0.4, 0.5) is 13.2 Å². The molecule has 0 aliphatic rings. The first-order valence-corrected chi connectivity index (χ1v) is 4.86. The number of hydrogen-bond acceptors (Lipinski definition) is 3. The van der Waals surface area contributed by atoms with Crippen molar-refractivity contribution >= 4 is 0 Å². The van der Waals surface area contributed by atoms with Gasteiger partial charge in [0.2, 0.25) is 0 Å². The molecule has 0 spiro atoms. The van der Waals surface area contributed by atoms with Crippen LogP contribution in [-0.4, -0.2) is 19.8 Å². The van der Waals surface area contributed by atoms with Crippen LogP contribution in [0.25, 0.3) is 0 Å². The highest BCUT2D eigenvalue weighted by atomic mass is 19.4. The predicted octanol–water partition coefficient (Wildman–Crippen LogP) is 2.64. The van der Waals surface area contributed by atoms with Crippen molar-refractivity contribution in [3.05, 3.63) is 23.7 Å². The third-order valence-corrected chi connectivity index (χ3v) is 1.99. The number of methoxy groups -OCH3 is 1. The summed E-state index contributed by atoms with van der Waals surface area (Å²) in [5.74, 6) is 0.242. The number of alkyl halides is 3. The number of nitrogens with one attached hydrogen (secondary N) is 1. The molecule has 1 aromatic rings. The van der Waals surface area contributed by atoms with Crippen molar-refractivity contribution in [2.45, 2.75) is 25.7 Å². The maximum absolute atomic E-state index is 12.6. The second-order valence-corrected chi connectivity index (χ2v) is 3.27. The molecule has 0 aromatic carbocycles. The molecule has 1 aromatic heterocycles. The van der Waals surface area contributed by atoms with Crippen LogP contribution in [0.1, 0.15) is 24.5 Å². The molecule has 0 amide bonds. The summed E-state index contributed by atoms with van der Waals surface area (Å²) in [7, 11) is 1.45. The van der Waals surface area contributed by atoms with Crippen LogP contribution in [0.5, 0.6) is 0 Å². The van der Waals surface area contributed by atoms with Gasteiger partial charge in [0.1, 0.15) is 18.1 Å². The molecule has 0 bridgehead atoms. The van der Waals surface area contributed by atoms with Gasteiger partial charge in [0, 0.05) is 7.11 Å². The summed E-state index contributed by atoms with van der Waals surface area (Å²) in [6.07, 6.45) is -4.36. The fraction of sp³-hybridized carbons (Fsp3) is 0.600. The van der Waals surface area contributed by atoms with E-state index >= 15 is 0 Å². The van der Waals surface area contributed by atoms with Gasteiger partial charge in [-0.3, -0.25) is 0 Å². The lowest BCUT2D eigenvalue weighted by Gasteiger charge is -2.18. The minimum atomic E-state index is -4.36. The van der Waals surface area contributed by atoms with E-state index in [0.717, 1.165) is 0 Å². The third kappa shape index (κ3) is 3.24. The molecule has 0 aliphatic carbocycles. The van der Waals surface area contributed by atoms with Gasteiger partial charge in [-0.1, -0.05) is 6.92 Å². The van der Waals surface area contributed by atoms with Crippen molar-refractivity contribution in [3.63, 3.8) is 0 Å². The zero-order chi connectivity index (χ0) is 12.2. The molecular weight excluding hydrogens is 223 g/mol. The molecule has 1 atom stereocenters. The fourth-order valence-electron chi connectivity index (χ4n) is 1.35. The SMILES string of the molecule is CCNC(c1ccc(COC)o1)C(F)(F)F. The second-order valence-electron chi connectivity index (χ2n) is 3.27. The minimum absolute atomic E-state index is 0.138. The molecule has 1 N–H and O–H groups in total. The predicted molar refractivity (Wildman–Crippen MR) is 51.9 cm³/mol. The van der Waals surface area contributed by atoms with Crippen molar-refractivity contribution in [3.8, 4) is 0 Å². The van der Waals surface area contributed by atoms with Crippen molar-refractivity contribution < 1.29 is 22.3 Å². The standard InChI is InChI=1S/C10H14F3NO2/c1-3-14-9(10(11,12)13)8-5-4-7(16-8)6-15-2/h4-5,9,14H,3,6H2,1-2H3. The zero-order valence-electron chi connectivity index (χ0n) is 9.10. The van der Waals surface area contributed by atoms with E-state index in [4.69, 9.17) is 9.15 Å². The zero-order valence-corrected chi connectivity index (χ0v) is 9.10. The van der Waals surface area contributed by atoms with Crippen LogP contribution >= 0.6 is 0 Å². The topological polar surface area (TPSA) is 34.4 Å². The lowest BCUT2D eigenvalue weighted by atomic mass is 10.2. The molecule has 0 saturated heterocycles. The van der Waals surface area contributed by atoms with Crippen LogP contribution in [0.3, 0.4) is 0 Å². The normalized spacial score (nSPS) is 14.1. The highest BCUT2D eigenvalue weighted by Crippen LogP contribution is 2.33. The second kappa shape index (κ2) is 5.36. The lowest BCUT2D eigenvalue weighted by Crippen LogP contribution is -2.33. The van der Waals surface area contributed by atoms with E-state index in [1.54, 1.807) is 6.92 Å². The Bertz CT molecular complexity index is 322. The summed E-state index contributed by atoms with van der Waals surface area (Å²) in [6, 6.07) is 1.03. The Labute approximate surface area is 91.6 Å². The molecule has 1 unspecified atom stereocenters. The van der Waals surface area contributed by atoms with Crippen molar-refractivity contribution in [1.29, 1.82) is 0 Å². The molecule has 1 rings (SSSR count). The Morgan fingerprint density at radius 1 is 1.44 bits per heavy atom. The first-order valence-electron chi connectivity index (χ1n) is 4.86. The largest absolute Gasteiger partial charge is 0.462 e. The van der Waals surface area contributed by atoms with Crippen LogP contribution in [0, 0.1) is 0 Å². The van der Waals surface area contributed by atoms with E-state index in [9.17, 15) is 13.2 Å². The monoisotopic (exact) mass is 237 g/mol. The van der Waals surface area contributed by atoms with E-state index < -0.39 is 12.2 Å². The summed E-state index contributed by atoms with van der Waals surface area (Å²) >= 11 is 0. The number of hydrogen-bond donors (Lipinski definition) is 1. The maximum atomic E-state index is 12.6. The van der Waals surface area contributed by atoms with Gasteiger partial charge in [-0.25, -0.2) is 0 Å². The number of rotatable bonds is 5. The van der Waals surface area contributed by atoms with Gasteiger partial charge in [0.05, 0.1) is 0 Å². The Morgan fingerprint density at radius 2 is 2.12 bits per heavy atom. The molecule has 0 aliphatic heterocycles. The summed E-state index contributed by atoms with van der Waals surface area (Å²) in [6.45, 7) is 1.99. The smallest absolute Gasteiger partial charge is 0.410 e. The van der Waals surface area contributed by atoms with Gasteiger partial charge in [-0.05, 0) is 18.7 Å². The first-order chi connectivity index (χ1) is 7.49. The number of ether oxygens (including phenoxy) is 1. The molecule has 0 radical (unpaired) electrons. The first kappa shape index (κ1) is 13.1. The minimum Gasteiger partial charge on any atom is -0.462 e. The van der Waals surface area contributed by atoms with Gasteiger partial charge in [0.25, 0.3) is 0 Å². The lowest BCUT2D eigenvalue weighted by molar-refractivity contribution is -0.161. The average molecular weight is 237 g/mol. The van der Waals surface area contributed by atoms with Crippen LogP contribution in [0.2, 0.25) is 0 Å². The van der Waals surface area contributed by atoms with E-state index in [1.165, 1.54) is 19.2 Å². The van der Waals surface area contributed by atoms with Gasteiger partial charge in [-0.15, -0.1) is 0 Å². The van der Waals surface area contributed by atoms with E-state index in [-0.39, 0.29) is 18.9 Å². The highest BCUT2D eigenvalue weighted by Gasteiger charge is 2.42. The number of halogens is 3. The van der Waals surface area contributed by atoms with Gasteiger partial charge < -0.3 is 14.5 Å². The highest BCUT2D eigenvalue weighted by molar-refractivity contribution is 5.12. The Morgan fingerprint density at radius 3 is 2.62 bits per heavy atom. The summed E-state index contributed by atoms with van der Waals surface area (Å²) in [5.41, 5.74) is 0. The molecule has 16 heavy (non-hydrogen) atoms. The Hall–Kier alpha value is -1.01. The fourth-order valence-corrected chi connectivity index (χ4v) is 1.35. The third-order valence-electron chi connectivity index (χ3n) is 1.99. The maximum Gasteiger partial charge on any atom is 0.410 e. The van der Waals surface area contributed by atoms with Gasteiger partial charge in [-0.2, -0.15) is 13.2 Å². The van der Waals surface area contributed by atoms with E-state index in [0.29, 0.717) is 5.76 Å². The molecule has 3 nitrogen and oxygen atoms in total. The van der Waals surface area contributed by atoms with Crippen LogP contribution in [-0.2, 0) is 11.3 Å². The molecule has 0 saturated carbocycles. The molecular formula is C10H14F3NO2. The Balaban J connectivity index is 2.84. The van der Waals surface area contributed by atoms with Crippen LogP contribution < -0.4 is 5.32 Å². The molecule has 1 heterocycles. The van der Waals surface area contributed by atoms with Gasteiger partial charge >= 0.3 is 6.18 Å². The van der Waals surface area contributed by atoms with Crippen molar-refractivity contribution in [1.82, 2.24) is 5.32 Å². The van der Waals surface area contributed by atoms with E-state index in [1.807, 2.05) is 0 Å². The summed E-state index contributed by atoms with van der Waals surface area (Å²) < 4.78 is 47.7. The summed E-state index contributed by atoms with van der Waals surface area (Å²) in [5, 5.41) is 2.33. The van der Waals surface area contributed by atoms with Crippen LogP contribution in [0.15, 0.2) is 16.5 Å². The van der Waals surface area contributed by atoms with Crippen molar-refractivity contribution in [2.75, 3.05) is 13.7 Å². The average Bonchev–Trinajstić information content (AvgIpc) is 2.61. The Kier molecular flexibility index (Phi) is 4.37.